The van der Waals surface area contributed by atoms with E-state index in [9.17, 15) is 13.2 Å². The minimum absolute atomic E-state index is 0.169. The number of rotatable bonds is 6. The summed E-state index contributed by atoms with van der Waals surface area (Å²) in [7, 11) is -3.59. The summed E-state index contributed by atoms with van der Waals surface area (Å²) in [6.45, 7) is 1.68. The van der Waals surface area contributed by atoms with Crippen LogP contribution >= 0.6 is 11.6 Å². The van der Waals surface area contributed by atoms with Gasteiger partial charge < -0.3 is 14.6 Å². The van der Waals surface area contributed by atoms with E-state index in [1.807, 2.05) is 0 Å². The van der Waals surface area contributed by atoms with Crippen LogP contribution in [-0.2, 0) is 21.3 Å². The Kier molecular flexibility index (Phi) is 6.33. The molecule has 1 fully saturated rings. The fraction of sp³-hybridized carbons (Fsp3) is 0.250. The molecule has 0 bridgehead atoms. The summed E-state index contributed by atoms with van der Waals surface area (Å²) in [4.78, 5) is 16.5. The molecule has 0 radical (unpaired) electrons. The molecule has 4 rings (SSSR count). The SMILES string of the molecule is O=C(NCc1ccc(Cl)cc1)c1nc(-c2ccc(S(=O)(=O)N3CCOCC3)cc2)no1. The van der Waals surface area contributed by atoms with Gasteiger partial charge in [0.05, 0.1) is 18.1 Å². The highest BCUT2D eigenvalue weighted by molar-refractivity contribution is 7.89. The van der Waals surface area contributed by atoms with Crippen LogP contribution < -0.4 is 5.32 Å². The van der Waals surface area contributed by atoms with Crippen LogP contribution in [0.1, 0.15) is 16.2 Å². The highest BCUT2D eigenvalue weighted by Gasteiger charge is 2.26. The summed E-state index contributed by atoms with van der Waals surface area (Å²) in [5, 5.41) is 7.12. The third kappa shape index (κ3) is 4.93. The molecule has 0 unspecified atom stereocenters. The van der Waals surface area contributed by atoms with Crippen molar-refractivity contribution < 1.29 is 22.5 Å². The van der Waals surface area contributed by atoms with E-state index in [2.05, 4.69) is 15.5 Å². The van der Waals surface area contributed by atoms with E-state index < -0.39 is 15.9 Å². The molecule has 0 saturated carbocycles. The summed E-state index contributed by atoms with van der Waals surface area (Å²) in [5.74, 6) is -0.513. The van der Waals surface area contributed by atoms with Crippen LogP contribution in [-0.4, -0.2) is 55.1 Å². The summed E-state index contributed by atoms with van der Waals surface area (Å²) in [6.07, 6.45) is 0. The molecule has 2 aromatic carbocycles. The summed E-state index contributed by atoms with van der Waals surface area (Å²) < 4.78 is 37.0. The zero-order chi connectivity index (χ0) is 21.8. The first-order valence-electron chi connectivity index (χ1n) is 9.48. The lowest BCUT2D eigenvalue weighted by atomic mass is 10.2. The Morgan fingerprint density at radius 2 is 1.74 bits per heavy atom. The molecule has 1 amide bonds. The molecule has 3 aromatic rings. The van der Waals surface area contributed by atoms with Gasteiger partial charge in [0.1, 0.15) is 0 Å². The molecule has 9 nitrogen and oxygen atoms in total. The molecule has 1 aromatic heterocycles. The number of carbonyl (C=O) groups excluding carboxylic acids is 1. The van der Waals surface area contributed by atoms with Gasteiger partial charge in [-0.15, -0.1) is 0 Å². The molecule has 1 N–H and O–H groups in total. The van der Waals surface area contributed by atoms with E-state index in [1.54, 1.807) is 36.4 Å². The Morgan fingerprint density at radius 1 is 1.06 bits per heavy atom. The number of amides is 1. The number of benzene rings is 2. The molecular weight excluding hydrogens is 444 g/mol. The number of hydrogen-bond acceptors (Lipinski definition) is 7. The molecule has 0 aliphatic carbocycles. The normalized spacial score (nSPS) is 15.0. The van der Waals surface area contributed by atoms with E-state index in [-0.39, 0.29) is 23.2 Å². The zero-order valence-electron chi connectivity index (χ0n) is 16.3. The van der Waals surface area contributed by atoms with Crippen molar-refractivity contribution in [3.05, 3.63) is 65.0 Å². The van der Waals surface area contributed by atoms with Crippen molar-refractivity contribution in [1.82, 2.24) is 19.8 Å². The number of halogens is 1. The van der Waals surface area contributed by atoms with Crippen molar-refractivity contribution >= 4 is 27.5 Å². The van der Waals surface area contributed by atoms with E-state index >= 15 is 0 Å². The van der Waals surface area contributed by atoms with Gasteiger partial charge in [-0.25, -0.2) is 8.42 Å². The topological polar surface area (TPSA) is 115 Å². The van der Waals surface area contributed by atoms with Gasteiger partial charge in [-0.1, -0.05) is 28.9 Å². The smallest absolute Gasteiger partial charge is 0.316 e. The highest BCUT2D eigenvalue weighted by atomic mass is 35.5. The Morgan fingerprint density at radius 3 is 2.42 bits per heavy atom. The molecular formula is C20H19ClN4O5S. The maximum atomic E-state index is 12.7. The maximum Gasteiger partial charge on any atom is 0.316 e. The summed E-state index contributed by atoms with van der Waals surface area (Å²) in [6, 6.07) is 13.2. The van der Waals surface area contributed by atoms with Crippen LogP contribution in [0.4, 0.5) is 0 Å². The number of sulfonamides is 1. The van der Waals surface area contributed by atoms with E-state index in [1.165, 1.54) is 16.4 Å². The number of carbonyl (C=O) groups is 1. The fourth-order valence-electron chi connectivity index (χ4n) is 3.01. The average Bonchev–Trinajstić information content (AvgIpc) is 3.30. The van der Waals surface area contributed by atoms with Gasteiger partial charge in [-0.2, -0.15) is 9.29 Å². The lowest BCUT2D eigenvalue weighted by Gasteiger charge is -2.26. The van der Waals surface area contributed by atoms with Gasteiger partial charge >= 0.3 is 11.8 Å². The van der Waals surface area contributed by atoms with Crippen molar-refractivity contribution in [3.8, 4) is 11.4 Å². The van der Waals surface area contributed by atoms with Gasteiger partial charge in [0.2, 0.25) is 15.8 Å². The monoisotopic (exact) mass is 462 g/mol. The third-order valence-corrected chi connectivity index (χ3v) is 6.87. The van der Waals surface area contributed by atoms with Crippen molar-refractivity contribution in [1.29, 1.82) is 0 Å². The summed E-state index contributed by atoms with van der Waals surface area (Å²) >= 11 is 5.84. The van der Waals surface area contributed by atoms with Gasteiger partial charge in [0, 0.05) is 30.2 Å². The molecule has 2 heterocycles. The predicted octanol–water partition coefficient (Wildman–Crippen LogP) is 2.34. The lowest BCUT2D eigenvalue weighted by molar-refractivity contribution is 0.0730. The van der Waals surface area contributed by atoms with Gasteiger partial charge in [0.15, 0.2) is 0 Å². The first kappa shape index (κ1) is 21.4. The lowest BCUT2D eigenvalue weighted by Crippen LogP contribution is -2.40. The molecule has 31 heavy (non-hydrogen) atoms. The molecule has 11 heteroatoms. The molecule has 1 aliphatic rings. The first-order valence-corrected chi connectivity index (χ1v) is 11.3. The minimum Gasteiger partial charge on any atom is -0.379 e. The van der Waals surface area contributed by atoms with Crippen molar-refractivity contribution in [2.75, 3.05) is 26.3 Å². The minimum atomic E-state index is -3.59. The highest BCUT2D eigenvalue weighted by Crippen LogP contribution is 2.22. The average molecular weight is 463 g/mol. The molecule has 162 valence electrons. The molecule has 1 aliphatic heterocycles. The van der Waals surface area contributed by atoms with Gasteiger partial charge in [-0.3, -0.25) is 4.79 Å². The van der Waals surface area contributed by atoms with Crippen molar-refractivity contribution in [2.24, 2.45) is 0 Å². The van der Waals surface area contributed by atoms with E-state index in [4.69, 9.17) is 20.9 Å². The van der Waals surface area contributed by atoms with Crippen molar-refractivity contribution in [3.63, 3.8) is 0 Å². The van der Waals surface area contributed by atoms with Crippen molar-refractivity contribution in [2.45, 2.75) is 11.4 Å². The zero-order valence-corrected chi connectivity index (χ0v) is 17.9. The van der Waals surface area contributed by atoms with Crippen LogP contribution in [0.5, 0.6) is 0 Å². The van der Waals surface area contributed by atoms with Gasteiger partial charge in [-0.05, 0) is 42.0 Å². The Labute approximate surface area is 184 Å². The molecule has 0 atom stereocenters. The molecule has 0 spiro atoms. The number of aromatic nitrogens is 2. The quantitative estimate of drug-likeness (QED) is 0.597. The number of hydrogen-bond donors (Lipinski definition) is 1. The number of nitrogens with one attached hydrogen (secondary N) is 1. The Bertz CT molecular complexity index is 1160. The van der Waals surface area contributed by atoms with E-state index in [0.717, 1.165) is 5.56 Å². The van der Waals surface area contributed by atoms with Crippen LogP contribution in [0.25, 0.3) is 11.4 Å². The fourth-order valence-corrected chi connectivity index (χ4v) is 4.54. The standard InChI is InChI=1S/C20H19ClN4O5S/c21-16-5-1-14(2-6-16)13-22-19(26)20-23-18(24-30-20)15-3-7-17(8-4-15)31(27,28)25-9-11-29-12-10-25/h1-8H,9-13H2,(H,22,26). The van der Waals surface area contributed by atoms with Crippen LogP contribution in [0.15, 0.2) is 57.9 Å². The van der Waals surface area contributed by atoms with Crippen LogP contribution in [0, 0.1) is 0 Å². The maximum absolute atomic E-state index is 12.7. The largest absolute Gasteiger partial charge is 0.379 e. The second-order valence-corrected chi connectivity index (χ2v) is 9.15. The second kappa shape index (κ2) is 9.15. The summed E-state index contributed by atoms with van der Waals surface area (Å²) in [5.41, 5.74) is 1.40. The Hall–Kier alpha value is -2.79. The Balaban J connectivity index is 1.42. The van der Waals surface area contributed by atoms with Crippen LogP contribution in [0.2, 0.25) is 5.02 Å². The molecule has 1 saturated heterocycles. The van der Waals surface area contributed by atoms with Gasteiger partial charge in [0.25, 0.3) is 0 Å². The second-order valence-electron chi connectivity index (χ2n) is 6.77. The number of nitrogens with zero attached hydrogens (tertiary/aromatic N) is 3. The number of ether oxygens (including phenoxy) is 1. The van der Waals surface area contributed by atoms with Crippen LogP contribution in [0.3, 0.4) is 0 Å². The first-order chi connectivity index (χ1) is 14.9. The number of morpholine rings is 1. The third-order valence-electron chi connectivity index (χ3n) is 4.71. The van der Waals surface area contributed by atoms with E-state index in [0.29, 0.717) is 36.9 Å². The predicted molar refractivity (Wildman–Crippen MR) is 112 cm³/mol.